The summed E-state index contributed by atoms with van der Waals surface area (Å²) in [5.41, 5.74) is 0.460. The van der Waals surface area contributed by atoms with Crippen LogP contribution >= 0.6 is 0 Å². The van der Waals surface area contributed by atoms with Crippen LogP contribution < -0.4 is 5.32 Å². The first-order valence-electron chi connectivity index (χ1n) is 8.14. The molecule has 0 bridgehead atoms. The largest absolute Gasteiger partial charge is 0.313 e. The van der Waals surface area contributed by atoms with Crippen LogP contribution in [0.2, 0.25) is 0 Å². The topological polar surface area (TPSA) is 15.3 Å². The summed E-state index contributed by atoms with van der Waals surface area (Å²) in [6.07, 6.45) is 9.86. The fourth-order valence-corrected chi connectivity index (χ4v) is 3.23. The minimum atomic E-state index is 0.460. The molecule has 0 spiro atoms. The standard InChI is InChI=1S/C16H32N2/c1-4-16(3,12-17-14-10-11-14)13-18(5-2)15-8-6-7-9-15/h14-15,17H,4-13H2,1-3H3. The van der Waals surface area contributed by atoms with E-state index in [4.69, 9.17) is 0 Å². The Morgan fingerprint density at radius 3 is 2.28 bits per heavy atom. The van der Waals surface area contributed by atoms with Gasteiger partial charge in [-0.1, -0.05) is 33.6 Å². The van der Waals surface area contributed by atoms with Crippen molar-refractivity contribution in [2.24, 2.45) is 5.41 Å². The van der Waals surface area contributed by atoms with Gasteiger partial charge in [0, 0.05) is 25.2 Å². The lowest BCUT2D eigenvalue weighted by Gasteiger charge is -2.38. The van der Waals surface area contributed by atoms with Gasteiger partial charge in [-0.25, -0.2) is 0 Å². The van der Waals surface area contributed by atoms with Crippen molar-refractivity contribution in [3.63, 3.8) is 0 Å². The summed E-state index contributed by atoms with van der Waals surface area (Å²) in [7, 11) is 0. The maximum atomic E-state index is 3.74. The molecule has 2 fully saturated rings. The summed E-state index contributed by atoms with van der Waals surface area (Å²) in [6, 6.07) is 1.72. The summed E-state index contributed by atoms with van der Waals surface area (Å²) < 4.78 is 0. The van der Waals surface area contributed by atoms with Gasteiger partial charge in [0.25, 0.3) is 0 Å². The van der Waals surface area contributed by atoms with Gasteiger partial charge in [-0.2, -0.15) is 0 Å². The first-order chi connectivity index (χ1) is 8.67. The SMILES string of the molecule is CCN(CC(C)(CC)CNC1CC1)C1CCCC1. The van der Waals surface area contributed by atoms with E-state index in [0.717, 1.165) is 12.1 Å². The van der Waals surface area contributed by atoms with Crippen LogP contribution in [0.25, 0.3) is 0 Å². The van der Waals surface area contributed by atoms with Crippen LogP contribution in [0.3, 0.4) is 0 Å². The number of hydrogen-bond donors (Lipinski definition) is 1. The quantitative estimate of drug-likeness (QED) is 0.712. The van der Waals surface area contributed by atoms with Crippen molar-refractivity contribution >= 4 is 0 Å². The van der Waals surface area contributed by atoms with Gasteiger partial charge in [-0.15, -0.1) is 0 Å². The summed E-state index contributed by atoms with van der Waals surface area (Å²) in [6.45, 7) is 10.9. The Morgan fingerprint density at radius 2 is 1.78 bits per heavy atom. The van der Waals surface area contributed by atoms with Crippen LogP contribution in [0.15, 0.2) is 0 Å². The third-order valence-corrected chi connectivity index (χ3v) is 5.08. The minimum Gasteiger partial charge on any atom is -0.313 e. The van der Waals surface area contributed by atoms with Crippen molar-refractivity contribution in [1.29, 1.82) is 0 Å². The first kappa shape index (κ1) is 14.3. The summed E-state index contributed by atoms with van der Waals surface area (Å²) in [5, 5.41) is 3.74. The smallest absolute Gasteiger partial charge is 0.00953 e. The molecular formula is C16H32N2. The van der Waals surface area contributed by atoms with Gasteiger partial charge in [-0.3, -0.25) is 0 Å². The average molecular weight is 252 g/mol. The maximum absolute atomic E-state index is 3.74. The third-order valence-electron chi connectivity index (χ3n) is 5.08. The van der Waals surface area contributed by atoms with E-state index >= 15 is 0 Å². The zero-order valence-corrected chi connectivity index (χ0v) is 12.7. The zero-order chi connectivity index (χ0) is 13.0. The minimum absolute atomic E-state index is 0.460. The molecule has 0 aromatic heterocycles. The van der Waals surface area contributed by atoms with Crippen LogP contribution in [-0.2, 0) is 0 Å². The highest BCUT2D eigenvalue weighted by molar-refractivity contribution is 4.88. The maximum Gasteiger partial charge on any atom is 0.00953 e. The van der Waals surface area contributed by atoms with Crippen molar-refractivity contribution in [2.45, 2.75) is 77.8 Å². The molecule has 1 N–H and O–H groups in total. The van der Waals surface area contributed by atoms with Crippen LogP contribution in [0.5, 0.6) is 0 Å². The van der Waals surface area contributed by atoms with E-state index in [-0.39, 0.29) is 0 Å². The molecule has 0 aromatic carbocycles. The Kier molecular flexibility index (Phi) is 5.08. The average Bonchev–Trinajstić information content (AvgIpc) is 3.07. The molecule has 2 saturated carbocycles. The van der Waals surface area contributed by atoms with E-state index in [0.29, 0.717) is 5.41 Å². The molecule has 2 aliphatic carbocycles. The van der Waals surface area contributed by atoms with Gasteiger partial charge in [0.05, 0.1) is 0 Å². The van der Waals surface area contributed by atoms with E-state index in [1.165, 1.54) is 64.6 Å². The molecule has 0 heterocycles. The third kappa shape index (κ3) is 3.96. The van der Waals surface area contributed by atoms with Gasteiger partial charge < -0.3 is 10.2 Å². The highest BCUT2D eigenvalue weighted by Gasteiger charge is 2.31. The van der Waals surface area contributed by atoms with Gasteiger partial charge >= 0.3 is 0 Å². The molecular weight excluding hydrogens is 220 g/mol. The Morgan fingerprint density at radius 1 is 1.11 bits per heavy atom. The van der Waals surface area contributed by atoms with E-state index in [1.807, 2.05) is 0 Å². The molecule has 2 aliphatic rings. The van der Waals surface area contributed by atoms with E-state index < -0.39 is 0 Å². The molecule has 2 nitrogen and oxygen atoms in total. The number of hydrogen-bond acceptors (Lipinski definition) is 2. The second kappa shape index (κ2) is 6.38. The van der Waals surface area contributed by atoms with Crippen LogP contribution in [0.1, 0.15) is 65.7 Å². The zero-order valence-electron chi connectivity index (χ0n) is 12.7. The summed E-state index contributed by atoms with van der Waals surface area (Å²) in [5.74, 6) is 0. The Labute approximate surface area is 114 Å². The van der Waals surface area contributed by atoms with Gasteiger partial charge in [0.15, 0.2) is 0 Å². The summed E-state index contributed by atoms with van der Waals surface area (Å²) >= 11 is 0. The van der Waals surface area contributed by atoms with Crippen molar-refractivity contribution in [1.82, 2.24) is 10.2 Å². The number of nitrogens with one attached hydrogen (secondary N) is 1. The molecule has 106 valence electrons. The second-order valence-corrected chi connectivity index (χ2v) is 6.82. The predicted molar refractivity (Wildman–Crippen MR) is 78.9 cm³/mol. The Hall–Kier alpha value is -0.0800. The molecule has 0 amide bonds. The highest BCUT2D eigenvalue weighted by Crippen LogP contribution is 2.29. The fourth-order valence-electron chi connectivity index (χ4n) is 3.23. The molecule has 2 rings (SSSR count). The molecule has 0 radical (unpaired) electrons. The van der Waals surface area contributed by atoms with Crippen LogP contribution in [0, 0.1) is 5.41 Å². The number of nitrogens with zero attached hydrogens (tertiary/aromatic N) is 1. The summed E-state index contributed by atoms with van der Waals surface area (Å²) in [4.78, 5) is 2.76. The van der Waals surface area contributed by atoms with Gasteiger partial charge in [0.2, 0.25) is 0 Å². The number of rotatable bonds is 8. The molecule has 18 heavy (non-hydrogen) atoms. The van der Waals surface area contributed by atoms with Crippen molar-refractivity contribution in [3.8, 4) is 0 Å². The fraction of sp³-hybridized carbons (Fsp3) is 1.00. The molecule has 0 aromatic rings. The predicted octanol–water partition coefficient (Wildman–Crippen LogP) is 3.42. The van der Waals surface area contributed by atoms with Crippen molar-refractivity contribution < 1.29 is 0 Å². The second-order valence-electron chi connectivity index (χ2n) is 6.82. The Bertz CT molecular complexity index is 243. The van der Waals surface area contributed by atoms with E-state index in [2.05, 4.69) is 31.0 Å². The molecule has 1 atom stereocenters. The van der Waals surface area contributed by atoms with Gasteiger partial charge in [0.1, 0.15) is 0 Å². The van der Waals surface area contributed by atoms with Crippen LogP contribution in [-0.4, -0.2) is 36.6 Å². The van der Waals surface area contributed by atoms with Crippen LogP contribution in [0.4, 0.5) is 0 Å². The van der Waals surface area contributed by atoms with E-state index in [9.17, 15) is 0 Å². The lowest BCUT2D eigenvalue weighted by Crippen LogP contribution is -2.45. The van der Waals surface area contributed by atoms with Gasteiger partial charge in [-0.05, 0) is 44.1 Å². The van der Waals surface area contributed by atoms with Crippen molar-refractivity contribution in [3.05, 3.63) is 0 Å². The molecule has 0 aliphatic heterocycles. The first-order valence-corrected chi connectivity index (χ1v) is 8.14. The monoisotopic (exact) mass is 252 g/mol. The van der Waals surface area contributed by atoms with Crippen molar-refractivity contribution in [2.75, 3.05) is 19.6 Å². The normalized spacial score (nSPS) is 24.7. The Balaban J connectivity index is 1.84. The molecule has 1 unspecified atom stereocenters. The van der Waals surface area contributed by atoms with E-state index in [1.54, 1.807) is 0 Å². The molecule has 0 saturated heterocycles. The highest BCUT2D eigenvalue weighted by atomic mass is 15.2. The lowest BCUT2D eigenvalue weighted by atomic mass is 9.86. The molecule has 2 heteroatoms. The lowest BCUT2D eigenvalue weighted by molar-refractivity contribution is 0.120.